The Morgan fingerprint density at radius 3 is 1.27 bits per heavy atom. The molecule has 0 aliphatic carbocycles. The SMILES string of the molecule is O=C(OOC(=O)C(Cl)C(Cl)CCCCCCl)C(Cl)C(Cl)CCCCCCl. The Bertz CT molecular complexity index is 363. The first-order valence-electron chi connectivity index (χ1n) is 8.45. The van der Waals surface area contributed by atoms with Gasteiger partial charge in [0, 0.05) is 11.8 Å². The number of hydrogen-bond acceptors (Lipinski definition) is 4. The lowest BCUT2D eigenvalue weighted by atomic mass is 10.1. The molecule has 0 aromatic rings. The van der Waals surface area contributed by atoms with Crippen LogP contribution >= 0.6 is 69.6 Å². The van der Waals surface area contributed by atoms with Crippen molar-refractivity contribution in [2.75, 3.05) is 11.8 Å². The van der Waals surface area contributed by atoms with Crippen LogP contribution in [0.25, 0.3) is 0 Å². The van der Waals surface area contributed by atoms with E-state index in [1.807, 2.05) is 0 Å². The predicted molar refractivity (Wildman–Crippen MR) is 109 cm³/mol. The van der Waals surface area contributed by atoms with Crippen molar-refractivity contribution >= 4 is 81.5 Å². The smallest absolute Gasteiger partial charge is 0.246 e. The summed E-state index contributed by atoms with van der Waals surface area (Å²) >= 11 is 35.1. The molecule has 0 aliphatic rings. The van der Waals surface area contributed by atoms with Gasteiger partial charge in [0.15, 0.2) is 10.8 Å². The summed E-state index contributed by atoms with van der Waals surface area (Å²) in [6, 6.07) is 0. The summed E-state index contributed by atoms with van der Waals surface area (Å²) in [7, 11) is 0. The molecule has 4 unspecified atom stereocenters. The molecule has 0 fully saturated rings. The van der Waals surface area contributed by atoms with Crippen LogP contribution in [0, 0.1) is 0 Å². The second-order valence-corrected chi connectivity index (χ2v) is 8.53. The summed E-state index contributed by atoms with van der Waals surface area (Å²) in [5, 5.41) is -3.58. The maximum absolute atomic E-state index is 11.8. The molecule has 0 spiro atoms. The Labute approximate surface area is 185 Å². The molecule has 0 amide bonds. The van der Waals surface area contributed by atoms with E-state index in [0.717, 1.165) is 38.5 Å². The first-order chi connectivity index (χ1) is 12.3. The predicted octanol–water partition coefficient (Wildman–Crippen LogP) is 6.02. The van der Waals surface area contributed by atoms with E-state index in [4.69, 9.17) is 69.6 Å². The third-order valence-electron chi connectivity index (χ3n) is 3.52. The lowest BCUT2D eigenvalue weighted by Gasteiger charge is -2.16. The molecule has 4 atom stereocenters. The summed E-state index contributed by atoms with van der Waals surface area (Å²) in [6.07, 6.45) is 6.08. The van der Waals surface area contributed by atoms with Gasteiger partial charge in [-0.3, -0.25) is 0 Å². The average Bonchev–Trinajstić information content (AvgIpc) is 2.64. The molecule has 0 radical (unpaired) electrons. The molecule has 0 saturated heterocycles. The van der Waals surface area contributed by atoms with Gasteiger partial charge in [0.25, 0.3) is 0 Å². The molecule has 0 rings (SSSR count). The summed E-state index contributed by atoms with van der Waals surface area (Å²) in [4.78, 5) is 32.5. The second-order valence-electron chi connectivity index (χ2n) is 5.72. The van der Waals surface area contributed by atoms with Crippen LogP contribution < -0.4 is 0 Å². The zero-order valence-corrected chi connectivity index (χ0v) is 18.8. The highest BCUT2D eigenvalue weighted by Crippen LogP contribution is 2.21. The lowest BCUT2D eigenvalue weighted by molar-refractivity contribution is -0.258. The van der Waals surface area contributed by atoms with Gasteiger partial charge in [0.2, 0.25) is 0 Å². The number of halogens is 6. The van der Waals surface area contributed by atoms with Crippen LogP contribution in [0.5, 0.6) is 0 Å². The highest BCUT2D eigenvalue weighted by Gasteiger charge is 2.31. The standard InChI is InChI=1S/C16H24Cl6O4/c17-9-5-1-3-7-11(19)13(21)15(23)25-26-16(24)14(22)12(20)8-4-2-6-10-18/h11-14H,1-10H2. The molecule has 26 heavy (non-hydrogen) atoms. The zero-order valence-electron chi connectivity index (χ0n) is 14.3. The summed E-state index contributed by atoms with van der Waals surface area (Å²) in [5.41, 5.74) is 0. The number of rotatable bonds is 14. The number of unbranched alkanes of at least 4 members (excludes halogenated alkanes) is 4. The van der Waals surface area contributed by atoms with E-state index in [9.17, 15) is 9.59 Å². The van der Waals surface area contributed by atoms with E-state index in [1.54, 1.807) is 0 Å². The molecule has 0 saturated carbocycles. The van der Waals surface area contributed by atoms with Crippen LogP contribution in [0.4, 0.5) is 0 Å². The van der Waals surface area contributed by atoms with Crippen molar-refractivity contribution < 1.29 is 19.4 Å². The monoisotopic (exact) mass is 490 g/mol. The van der Waals surface area contributed by atoms with Crippen molar-refractivity contribution in [3.63, 3.8) is 0 Å². The van der Waals surface area contributed by atoms with Crippen molar-refractivity contribution in [2.45, 2.75) is 72.9 Å². The normalized spacial score (nSPS) is 15.8. The maximum atomic E-state index is 11.8. The number of carbonyl (C=O) groups excluding carboxylic acids is 2. The molecule has 0 aromatic carbocycles. The minimum atomic E-state index is -1.14. The van der Waals surface area contributed by atoms with Crippen molar-refractivity contribution in [1.82, 2.24) is 0 Å². The third kappa shape index (κ3) is 12.2. The van der Waals surface area contributed by atoms with Gasteiger partial charge in [0.1, 0.15) is 0 Å². The molecule has 4 nitrogen and oxygen atoms in total. The molecule has 0 N–H and O–H groups in total. The summed E-state index contributed by atoms with van der Waals surface area (Å²) in [6.45, 7) is 0. The Morgan fingerprint density at radius 2 is 0.962 bits per heavy atom. The van der Waals surface area contributed by atoms with Crippen LogP contribution in [0.2, 0.25) is 0 Å². The van der Waals surface area contributed by atoms with Gasteiger partial charge in [-0.2, -0.15) is 0 Å². The van der Waals surface area contributed by atoms with E-state index in [0.29, 0.717) is 24.6 Å². The minimum Gasteiger partial charge on any atom is -0.246 e. The second kappa shape index (κ2) is 16.6. The quantitative estimate of drug-likeness (QED) is 0.129. The van der Waals surface area contributed by atoms with Gasteiger partial charge in [-0.25, -0.2) is 19.4 Å². The van der Waals surface area contributed by atoms with Crippen LogP contribution in [-0.4, -0.2) is 45.2 Å². The Hall–Kier alpha value is 0.680. The molecular formula is C16H24Cl6O4. The molecule has 154 valence electrons. The van der Waals surface area contributed by atoms with Gasteiger partial charge in [-0.05, 0) is 25.7 Å². The molecule has 10 heteroatoms. The number of carbonyl (C=O) groups is 2. The highest BCUT2D eigenvalue weighted by atomic mass is 35.5. The van der Waals surface area contributed by atoms with Crippen LogP contribution in [0.3, 0.4) is 0 Å². The van der Waals surface area contributed by atoms with Crippen LogP contribution in [0.15, 0.2) is 0 Å². The van der Waals surface area contributed by atoms with Crippen molar-refractivity contribution in [3.8, 4) is 0 Å². The van der Waals surface area contributed by atoms with Crippen LogP contribution in [-0.2, 0) is 19.4 Å². The molecule has 0 aromatic heterocycles. The Balaban J connectivity index is 4.12. The fourth-order valence-electron chi connectivity index (χ4n) is 1.98. The third-order valence-corrected chi connectivity index (χ3v) is 6.22. The summed E-state index contributed by atoms with van der Waals surface area (Å²) in [5.74, 6) is -0.754. The molecule has 0 aliphatic heterocycles. The van der Waals surface area contributed by atoms with Gasteiger partial charge in [-0.1, -0.05) is 25.7 Å². The average molecular weight is 493 g/mol. The maximum Gasteiger partial charge on any atom is 0.374 e. The van der Waals surface area contributed by atoms with Crippen LogP contribution in [0.1, 0.15) is 51.4 Å². The molecule has 0 heterocycles. The van der Waals surface area contributed by atoms with E-state index in [-0.39, 0.29) is 0 Å². The van der Waals surface area contributed by atoms with Gasteiger partial charge >= 0.3 is 11.9 Å². The van der Waals surface area contributed by atoms with Gasteiger partial charge in [-0.15, -0.1) is 69.6 Å². The van der Waals surface area contributed by atoms with Gasteiger partial charge < -0.3 is 0 Å². The van der Waals surface area contributed by atoms with Crippen molar-refractivity contribution in [3.05, 3.63) is 0 Å². The molecular weight excluding hydrogens is 469 g/mol. The largest absolute Gasteiger partial charge is 0.374 e. The zero-order chi connectivity index (χ0) is 19.9. The number of hydrogen-bond donors (Lipinski definition) is 0. The van der Waals surface area contributed by atoms with Crippen molar-refractivity contribution in [2.24, 2.45) is 0 Å². The number of alkyl halides is 6. The topological polar surface area (TPSA) is 52.6 Å². The highest BCUT2D eigenvalue weighted by molar-refractivity contribution is 6.37. The minimum absolute atomic E-state index is 0.514. The fourth-order valence-corrected chi connectivity index (χ4v) is 3.20. The van der Waals surface area contributed by atoms with E-state index >= 15 is 0 Å². The fraction of sp³-hybridized carbons (Fsp3) is 0.875. The first-order valence-corrected chi connectivity index (χ1v) is 11.3. The van der Waals surface area contributed by atoms with E-state index in [1.165, 1.54) is 0 Å². The van der Waals surface area contributed by atoms with E-state index < -0.39 is 33.4 Å². The lowest BCUT2D eigenvalue weighted by Crippen LogP contribution is -2.32. The first kappa shape index (κ1) is 26.7. The van der Waals surface area contributed by atoms with E-state index in [2.05, 4.69) is 9.78 Å². The van der Waals surface area contributed by atoms with Gasteiger partial charge in [0.05, 0.1) is 10.8 Å². The Kier molecular flexibility index (Phi) is 17.1. The van der Waals surface area contributed by atoms with Crippen molar-refractivity contribution in [1.29, 1.82) is 0 Å². The summed E-state index contributed by atoms with van der Waals surface area (Å²) < 4.78 is 0. The Morgan fingerprint density at radius 1 is 0.615 bits per heavy atom. The molecule has 0 bridgehead atoms.